The fourth-order valence-corrected chi connectivity index (χ4v) is 2.64. The monoisotopic (exact) mass is 263 g/mol. The molecule has 1 aromatic heterocycles. The molecule has 0 atom stereocenters. The number of aromatic nitrogens is 2. The number of hydrogen-bond donors (Lipinski definition) is 2. The van der Waals surface area contributed by atoms with Gasteiger partial charge in [-0.1, -0.05) is 36.4 Å². The van der Waals surface area contributed by atoms with E-state index in [0.29, 0.717) is 0 Å². The molecule has 0 unspecified atom stereocenters. The Kier molecular flexibility index (Phi) is 2.69. The van der Waals surface area contributed by atoms with Crippen molar-refractivity contribution >= 4 is 16.6 Å². The van der Waals surface area contributed by atoms with E-state index in [9.17, 15) is 0 Å². The highest BCUT2D eigenvalue weighted by molar-refractivity contribution is 5.89. The Balaban J connectivity index is 1.50. The summed E-state index contributed by atoms with van der Waals surface area (Å²) in [5.41, 5.74) is 4.98. The van der Waals surface area contributed by atoms with Gasteiger partial charge in [-0.15, -0.1) is 0 Å². The van der Waals surface area contributed by atoms with E-state index in [0.717, 1.165) is 29.1 Å². The summed E-state index contributed by atoms with van der Waals surface area (Å²) in [5, 5.41) is 11.8. The van der Waals surface area contributed by atoms with E-state index in [-0.39, 0.29) is 0 Å². The Labute approximate surface area is 118 Å². The van der Waals surface area contributed by atoms with Crippen LogP contribution in [-0.2, 0) is 6.54 Å². The van der Waals surface area contributed by atoms with Crippen LogP contribution in [0.5, 0.6) is 0 Å². The molecule has 0 aliphatic heterocycles. The number of hydrogen-bond acceptors (Lipinski definition) is 2. The molecule has 0 radical (unpaired) electrons. The molecule has 2 N–H and O–H groups in total. The topological polar surface area (TPSA) is 40.7 Å². The quantitative estimate of drug-likeness (QED) is 0.745. The van der Waals surface area contributed by atoms with Gasteiger partial charge in [0.25, 0.3) is 0 Å². The number of rotatable bonds is 4. The lowest BCUT2D eigenvalue weighted by molar-refractivity contribution is 1.09. The molecule has 0 spiro atoms. The van der Waals surface area contributed by atoms with Crippen molar-refractivity contribution in [2.24, 2.45) is 0 Å². The van der Waals surface area contributed by atoms with Crippen LogP contribution in [0, 0.1) is 0 Å². The molecule has 1 aliphatic carbocycles. The zero-order chi connectivity index (χ0) is 13.4. The first-order valence-corrected chi connectivity index (χ1v) is 7.15. The molecule has 20 heavy (non-hydrogen) atoms. The van der Waals surface area contributed by atoms with E-state index in [4.69, 9.17) is 0 Å². The van der Waals surface area contributed by atoms with Gasteiger partial charge in [0.1, 0.15) is 0 Å². The summed E-state index contributed by atoms with van der Waals surface area (Å²) in [7, 11) is 0. The van der Waals surface area contributed by atoms with Crippen LogP contribution in [0.15, 0.2) is 48.7 Å². The minimum Gasteiger partial charge on any atom is -0.379 e. The van der Waals surface area contributed by atoms with Crippen molar-refractivity contribution in [3.05, 3.63) is 59.8 Å². The number of fused-ring (bicyclic) bond motifs is 1. The Bertz CT molecular complexity index is 723. The summed E-state index contributed by atoms with van der Waals surface area (Å²) in [5.74, 6) is 0.829. The van der Waals surface area contributed by atoms with Gasteiger partial charge < -0.3 is 5.32 Å². The number of nitrogens with zero attached hydrogens (tertiary/aromatic N) is 1. The highest BCUT2D eigenvalue weighted by Gasteiger charge is 2.22. The van der Waals surface area contributed by atoms with Crippen LogP contribution >= 0.6 is 0 Å². The second kappa shape index (κ2) is 4.67. The van der Waals surface area contributed by atoms with Crippen molar-refractivity contribution in [1.82, 2.24) is 10.2 Å². The Morgan fingerprint density at radius 1 is 1.10 bits per heavy atom. The first kappa shape index (κ1) is 11.5. The molecule has 100 valence electrons. The number of anilines is 1. The SMILES string of the molecule is c1cc(NCc2ccc(C3CC3)cc2)c2[nH]ncc2c1. The second-order valence-electron chi connectivity index (χ2n) is 5.51. The molecular weight excluding hydrogens is 246 g/mol. The third-order valence-electron chi connectivity index (χ3n) is 3.99. The minimum absolute atomic E-state index is 0.829. The van der Waals surface area contributed by atoms with E-state index in [1.807, 2.05) is 6.20 Å². The average molecular weight is 263 g/mol. The molecule has 3 nitrogen and oxygen atoms in total. The van der Waals surface area contributed by atoms with Gasteiger partial charge in [-0.3, -0.25) is 5.10 Å². The van der Waals surface area contributed by atoms with Gasteiger partial charge in [-0.25, -0.2) is 0 Å². The predicted octanol–water partition coefficient (Wildman–Crippen LogP) is 4.05. The highest BCUT2D eigenvalue weighted by Crippen LogP contribution is 2.39. The zero-order valence-corrected chi connectivity index (χ0v) is 11.3. The molecule has 1 heterocycles. The van der Waals surface area contributed by atoms with Gasteiger partial charge in [-0.2, -0.15) is 5.10 Å². The van der Waals surface area contributed by atoms with Gasteiger partial charge in [0.05, 0.1) is 17.4 Å². The maximum atomic E-state index is 4.09. The summed E-state index contributed by atoms with van der Waals surface area (Å²) in [4.78, 5) is 0. The molecule has 0 bridgehead atoms. The van der Waals surface area contributed by atoms with Crippen LogP contribution < -0.4 is 5.32 Å². The minimum atomic E-state index is 0.829. The lowest BCUT2D eigenvalue weighted by Gasteiger charge is -2.08. The lowest BCUT2D eigenvalue weighted by Crippen LogP contribution is -2.00. The summed E-state index contributed by atoms with van der Waals surface area (Å²) < 4.78 is 0. The van der Waals surface area contributed by atoms with Crippen LogP contribution in [0.3, 0.4) is 0 Å². The lowest BCUT2D eigenvalue weighted by atomic mass is 10.1. The molecule has 1 aliphatic rings. The molecular formula is C17H17N3. The van der Waals surface area contributed by atoms with Crippen LogP contribution in [0.1, 0.15) is 29.9 Å². The van der Waals surface area contributed by atoms with Gasteiger partial charge in [0, 0.05) is 11.9 Å². The van der Waals surface area contributed by atoms with Gasteiger partial charge in [-0.05, 0) is 36.0 Å². The summed E-state index contributed by atoms with van der Waals surface area (Å²) in [6, 6.07) is 15.2. The molecule has 2 aromatic carbocycles. The van der Waals surface area contributed by atoms with Crippen molar-refractivity contribution in [2.75, 3.05) is 5.32 Å². The van der Waals surface area contributed by atoms with E-state index in [2.05, 4.69) is 58.0 Å². The molecule has 3 heteroatoms. The predicted molar refractivity (Wildman–Crippen MR) is 81.8 cm³/mol. The standard InChI is InChI=1S/C17H17N3/c1-2-15-11-19-20-17(15)16(3-1)18-10-12-4-6-13(7-5-12)14-8-9-14/h1-7,11,14,18H,8-10H2,(H,19,20). The molecule has 4 rings (SSSR count). The highest BCUT2D eigenvalue weighted by atomic mass is 15.1. The summed E-state index contributed by atoms with van der Waals surface area (Å²) in [6.07, 6.45) is 4.57. The first-order chi connectivity index (χ1) is 9.90. The van der Waals surface area contributed by atoms with E-state index in [1.54, 1.807) is 0 Å². The van der Waals surface area contributed by atoms with Crippen molar-refractivity contribution in [3.8, 4) is 0 Å². The van der Waals surface area contributed by atoms with Gasteiger partial charge in [0.2, 0.25) is 0 Å². The third kappa shape index (κ3) is 2.16. The fraction of sp³-hybridized carbons (Fsp3) is 0.235. The molecule has 0 amide bonds. The van der Waals surface area contributed by atoms with Crippen molar-refractivity contribution in [1.29, 1.82) is 0 Å². The fourth-order valence-electron chi connectivity index (χ4n) is 2.64. The number of H-pyrrole nitrogens is 1. The van der Waals surface area contributed by atoms with Crippen LogP contribution in [0.4, 0.5) is 5.69 Å². The maximum absolute atomic E-state index is 4.09. The van der Waals surface area contributed by atoms with Crippen LogP contribution in [-0.4, -0.2) is 10.2 Å². The summed E-state index contributed by atoms with van der Waals surface area (Å²) >= 11 is 0. The zero-order valence-electron chi connectivity index (χ0n) is 11.3. The van der Waals surface area contributed by atoms with Gasteiger partial charge in [0.15, 0.2) is 0 Å². The average Bonchev–Trinajstić information content (AvgIpc) is 3.23. The van der Waals surface area contributed by atoms with Crippen LogP contribution in [0.25, 0.3) is 10.9 Å². The smallest absolute Gasteiger partial charge is 0.0881 e. The normalized spacial score (nSPS) is 14.6. The number of benzene rings is 2. The van der Waals surface area contributed by atoms with Crippen molar-refractivity contribution in [3.63, 3.8) is 0 Å². The number of para-hydroxylation sites is 1. The summed E-state index contributed by atoms with van der Waals surface area (Å²) in [6.45, 7) is 0.836. The van der Waals surface area contributed by atoms with Crippen molar-refractivity contribution < 1.29 is 0 Å². The maximum Gasteiger partial charge on any atom is 0.0881 e. The molecule has 3 aromatic rings. The second-order valence-corrected chi connectivity index (χ2v) is 5.51. The number of aromatic amines is 1. The Hall–Kier alpha value is -2.29. The van der Waals surface area contributed by atoms with Crippen molar-refractivity contribution in [2.45, 2.75) is 25.3 Å². The van der Waals surface area contributed by atoms with Crippen LogP contribution in [0.2, 0.25) is 0 Å². The Morgan fingerprint density at radius 3 is 2.75 bits per heavy atom. The van der Waals surface area contributed by atoms with E-state index in [1.165, 1.54) is 24.0 Å². The van der Waals surface area contributed by atoms with E-state index < -0.39 is 0 Å². The molecule has 1 saturated carbocycles. The first-order valence-electron chi connectivity index (χ1n) is 7.15. The molecule has 1 fully saturated rings. The van der Waals surface area contributed by atoms with E-state index >= 15 is 0 Å². The third-order valence-corrected chi connectivity index (χ3v) is 3.99. The number of nitrogens with one attached hydrogen (secondary N) is 2. The Morgan fingerprint density at radius 2 is 1.95 bits per heavy atom. The largest absolute Gasteiger partial charge is 0.379 e. The van der Waals surface area contributed by atoms with Gasteiger partial charge >= 0.3 is 0 Å². The molecule has 0 saturated heterocycles.